The van der Waals surface area contributed by atoms with Crippen LogP contribution >= 0.6 is 11.6 Å². The van der Waals surface area contributed by atoms with Gasteiger partial charge in [0.15, 0.2) is 0 Å². The van der Waals surface area contributed by atoms with Crippen molar-refractivity contribution in [2.75, 3.05) is 32.5 Å². The van der Waals surface area contributed by atoms with Gasteiger partial charge in [0.2, 0.25) is 5.91 Å². The summed E-state index contributed by atoms with van der Waals surface area (Å²) >= 11 is 6.20. The molecule has 1 aromatic heterocycles. The number of aliphatic imine (C=N–C) groups is 1. The van der Waals surface area contributed by atoms with Crippen LogP contribution in [-0.4, -0.2) is 66.1 Å². The van der Waals surface area contributed by atoms with Gasteiger partial charge in [-0.2, -0.15) is 19.1 Å². The molecule has 10 nitrogen and oxygen atoms in total. The number of aromatic nitrogens is 2. The second-order valence-corrected chi connectivity index (χ2v) is 10.5. The van der Waals surface area contributed by atoms with Crippen LogP contribution in [0.2, 0.25) is 5.02 Å². The minimum absolute atomic E-state index is 0.0745. The highest BCUT2D eigenvalue weighted by Crippen LogP contribution is 2.38. The van der Waals surface area contributed by atoms with Crippen molar-refractivity contribution in [2.45, 2.75) is 38.3 Å². The molecule has 0 saturated carbocycles. The lowest BCUT2D eigenvalue weighted by atomic mass is 9.74. The third-order valence-electron chi connectivity index (χ3n) is 7.48. The predicted molar refractivity (Wildman–Crippen MR) is 164 cm³/mol. The smallest absolute Gasteiger partial charge is 0.387 e. The van der Waals surface area contributed by atoms with Crippen LogP contribution in [0.5, 0.6) is 5.75 Å². The summed E-state index contributed by atoms with van der Waals surface area (Å²) in [5.74, 6) is -0.680. The number of likely N-dealkylation sites (tertiary alicyclic amines) is 1. The van der Waals surface area contributed by atoms with E-state index in [9.17, 15) is 23.6 Å². The van der Waals surface area contributed by atoms with Crippen LogP contribution < -0.4 is 15.4 Å². The maximum Gasteiger partial charge on any atom is 0.387 e. The number of halogens is 3. The fourth-order valence-electron chi connectivity index (χ4n) is 5.21. The summed E-state index contributed by atoms with van der Waals surface area (Å²) in [4.78, 5) is 32.4. The molecule has 2 heterocycles. The van der Waals surface area contributed by atoms with Crippen molar-refractivity contribution in [1.29, 1.82) is 5.26 Å². The molecule has 13 heteroatoms. The molecule has 0 spiro atoms. The van der Waals surface area contributed by atoms with Gasteiger partial charge in [-0.25, -0.2) is 0 Å². The summed E-state index contributed by atoms with van der Waals surface area (Å²) in [5, 5.41) is 20.3. The summed E-state index contributed by atoms with van der Waals surface area (Å²) in [7, 11) is 3.15. The average Bonchev–Trinajstić information content (AvgIpc) is 3.41. The Morgan fingerprint density at radius 1 is 1.23 bits per heavy atom. The number of nitrogens with zero attached hydrogens (tertiary/aromatic N) is 5. The number of allylic oxidation sites excluding steroid dienone is 1. The molecule has 1 aliphatic heterocycles. The van der Waals surface area contributed by atoms with Gasteiger partial charge in [-0.15, -0.1) is 0 Å². The lowest BCUT2D eigenvalue weighted by Crippen LogP contribution is -2.45. The molecule has 0 unspecified atom stereocenters. The summed E-state index contributed by atoms with van der Waals surface area (Å²) < 4.78 is 32.6. The number of alkyl halides is 2. The summed E-state index contributed by atoms with van der Waals surface area (Å²) in [6.07, 6.45) is 3.96. The SMILES string of the molecule is C/C=C(/C(=O)Nc1cn(CC(=O)N2CCC(C#N)(c3ccccc3)CC2)nc1-c1cc(Cl)ccc1OC(F)F)C(=NC)NC. The van der Waals surface area contributed by atoms with Gasteiger partial charge in [-0.3, -0.25) is 19.3 Å². The number of amidine groups is 1. The topological polar surface area (TPSA) is 125 Å². The van der Waals surface area contributed by atoms with Gasteiger partial charge in [0.05, 0.1) is 22.7 Å². The number of ether oxygens (including phenoxy) is 1. The quantitative estimate of drug-likeness (QED) is 0.196. The van der Waals surface area contributed by atoms with Gasteiger partial charge in [0.1, 0.15) is 23.8 Å². The zero-order chi connectivity index (χ0) is 31.9. The fraction of sp³-hybridized carbons (Fsp3) is 0.323. The second-order valence-electron chi connectivity index (χ2n) is 10.0. The molecule has 44 heavy (non-hydrogen) atoms. The molecule has 3 aromatic rings. The Kier molecular flexibility index (Phi) is 10.3. The van der Waals surface area contributed by atoms with Crippen LogP contribution in [0.1, 0.15) is 25.3 Å². The molecule has 0 atom stereocenters. The first kappa shape index (κ1) is 32.2. The normalized spacial score (nSPS) is 15.1. The van der Waals surface area contributed by atoms with Crippen molar-refractivity contribution in [3.05, 3.63) is 77.0 Å². The lowest BCUT2D eigenvalue weighted by molar-refractivity contribution is -0.133. The zero-order valence-corrected chi connectivity index (χ0v) is 25.2. The van der Waals surface area contributed by atoms with Crippen LogP contribution in [0.3, 0.4) is 0 Å². The number of hydrogen-bond acceptors (Lipinski definition) is 6. The summed E-state index contributed by atoms with van der Waals surface area (Å²) in [6, 6.07) is 16.0. The Hall–Kier alpha value is -4.76. The highest BCUT2D eigenvalue weighted by molar-refractivity contribution is 6.31. The van der Waals surface area contributed by atoms with Crippen molar-refractivity contribution in [2.24, 2.45) is 4.99 Å². The van der Waals surface area contributed by atoms with E-state index in [1.165, 1.54) is 36.1 Å². The van der Waals surface area contributed by atoms with E-state index in [0.29, 0.717) is 31.8 Å². The van der Waals surface area contributed by atoms with Crippen molar-refractivity contribution in [1.82, 2.24) is 20.0 Å². The fourth-order valence-corrected chi connectivity index (χ4v) is 5.38. The number of likely N-dealkylation sites (N-methyl/N-ethyl adjacent to an activating group) is 1. The Morgan fingerprint density at radius 3 is 2.52 bits per heavy atom. The molecular weight excluding hydrogens is 592 g/mol. The molecule has 2 aromatic carbocycles. The van der Waals surface area contributed by atoms with Gasteiger partial charge in [-0.05, 0) is 43.5 Å². The molecule has 230 valence electrons. The number of rotatable bonds is 9. The standard InChI is InChI=1S/C31H32ClF2N7O3/c1-4-22(28(36-2)37-3)29(43)38-24-17-41(39-27(24)23-16-21(32)10-11-25(23)44-30(33)34)18-26(42)40-14-12-31(19-35,13-15-40)20-8-6-5-7-9-20/h4-11,16-17,30H,12-15,18H2,1-3H3,(H,36,37)(H,38,43)/b22-4+. The molecule has 1 aliphatic rings. The highest BCUT2D eigenvalue weighted by Gasteiger charge is 2.37. The van der Waals surface area contributed by atoms with E-state index in [-0.39, 0.29) is 45.7 Å². The maximum absolute atomic E-state index is 13.4. The van der Waals surface area contributed by atoms with E-state index in [1.54, 1.807) is 24.9 Å². The lowest BCUT2D eigenvalue weighted by Gasteiger charge is -2.37. The Labute approximate surface area is 259 Å². The maximum atomic E-state index is 13.4. The van der Waals surface area contributed by atoms with Gasteiger partial charge < -0.3 is 20.3 Å². The van der Waals surface area contributed by atoms with Gasteiger partial charge >= 0.3 is 6.61 Å². The molecular formula is C31H32ClF2N7O3. The van der Waals surface area contributed by atoms with E-state index in [1.807, 2.05) is 30.3 Å². The second kappa shape index (κ2) is 14.1. The van der Waals surface area contributed by atoms with E-state index in [4.69, 9.17) is 16.3 Å². The first-order valence-corrected chi connectivity index (χ1v) is 14.2. The number of carbonyl (C=O) groups excluding carboxylic acids is 2. The molecule has 0 radical (unpaired) electrons. The van der Waals surface area contributed by atoms with Crippen molar-refractivity contribution >= 4 is 34.9 Å². The van der Waals surface area contributed by atoms with Gasteiger partial charge in [0, 0.05) is 44.0 Å². The van der Waals surface area contributed by atoms with Crippen LogP contribution in [0, 0.1) is 11.3 Å². The minimum Gasteiger partial charge on any atom is -0.434 e. The van der Waals surface area contributed by atoms with Crippen molar-refractivity contribution < 1.29 is 23.1 Å². The monoisotopic (exact) mass is 623 g/mol. The van der Waals surface area contributed by atoms with Gasteiger partial charge in [-0.1, -0.05) is 48.0 Å². The van der Waals surface area contributed by atoms with Crippen molar-refractivity contribution in [3.63, 3.8) is 0 Å². The number of nitriles is 1. The number of amides is 2. The zero-order valence-electron chi connectivity index (χ0n) is 24.5. The molecule has 1 fully saturated rings. The first-order valence-electron chi connectivity index (χ1n) is 13.8. The predicted octanol–water partition coefficient (Wildman–Crippen LogP) is 5.02. The molecule has 4 rings (SSSR count). The van der Waals surface area contributed by atoms with Crippen LogP contribution in [-0.2, 0) is 21.5 Å². The number of carbonyl (C=O) groups is 2. The van der Waals surface area contributed by atoms with Crippen LogP contribution in [0.25, 0.3) is 11.3 Å². The van der Waals surface area contributed by atoms with E-state index in [0.717, 1.165) is 5.56 Å². The Morgan fingerprint density at radius 2 is 1.93 bits per heavy atom. The third-order valence-corrected chi connectivity index (χ3v) is 7.71. The molecule has 1 saturated heterocycles. The van der Waals surface area contributed by atoms with E-state index < -0.39 is 17.9 Å². The Balaban J connectivity index is 1.63. The largest absolute Gasteiger partial charge is 0.434 e. The minimum atomic E-state index is -3.12. The number of piperidine rings is 1. The summed E-state index contributed by atoms with van der Waals surface area (Å²) in [6.45, 7) is -0.918. The summed E-state index contributed by atoms with van der Waals surface area (Å²) in [5.41, 5.74) is 0.781. The molecule has 2 amide bonds. The number of nitrogens with one attached hydrogen (secondary N) is 2. The highest BCUT2D eigenvalue weighted by atomic mass is 35.5. The van der Waals surface area contributed by atoms with Gasteiger partial charge in [0.25, 0.3) is 5.91 Å². The number of anilines is 1. The van der Waals surface area contributed by atoms with E-state index in [2.05, 4.69) is 26.8 Å². The molecule has 2 N–H and O–H groups in total. The van der Waals surface area contributed by atoms with E-state index >= 15 is 0 Å². The number of benzene rings is 2. The first-order chi connectivity index (χ1) is 21.1. The number of hydrogen-bond donors (Lipinski definition) is 2. The van der Waals surface area contributed by atoms with Crippen LogP contribution in [0.15, 0.2) is 71.4 Å². The van der Waals surface area contributed by atoms with Crippen LogP contribution in [0.4, 0.5) is 14.5 Å². The molecule has 0 aliphatic carbocycles. The average molecular weight is 624 g/mol. The molecule has 0 bridgehead atoms. The Bertz CT molecular complexity index is 1610. The third kappa shape index (κ3) is 7.06. The van der Waals surface area contributed by atoms with Crippen molar-refractivity contribution in [3.8, 4) is 23.1 Å².